The number of hydrogen-bond donors (Lipinski definition) is 0. The summed E-state index contributed by atoms with van der Waals surface area (Å²) in [6.45, 7) is 0. The van der Waals surface area contributed by atoms with Gasteiger partial charge in [0.1, 0.15) is 11.2 Å². The Hall–Kier alpha value is -6.18. The maximum absolute atomic E-state index is 9.84. The molecule has 0 saturated heterocycles. The Morgan fingerprint density at radius 2 is 0.936 bits per heavy atom. The average molecular weight is 612 g/mol. The van der Waals surface area contributed by atoms with E-state index >= 15 is 0 Å². The Kier molecular flexibility index (Phi) is 3.33. The summed E-state index contributed by atoms with van der Waals surface area (Å²) < 4.78 is 141. The van der Waals surface area contributed by atoms with Crippen molar-refractivity contribution < 1.29 is 25.0 Å². The van der Waals surface area contributed by atoms with Crippen LogP contribution in [0.4, 0.5) is 0 Å². The summed E-state index contributed by atoms with van der Waals surface area (Å²) in [6.07, 6.45) is 0. The maximum atomic E-state index is 9.84. The Balaban J connectivity index is 1.37. The molecule has 0 atom stereocenters. The molecule has 1 heterocycles. The first-order valence-corrected chi connectivity index (χ1v) is 15.0. The summed E-state index contributed by atoms with van der Waals surface area (Å²) in [6, 6.07) is 16.3. The molecule has 10 aromatic rings. The monoisotopic (exact) mass is 611 g/mol. The molecule has 1 heteroatoms. The molecule has 47 heavy (non-hydrogen) atoms. The summed E-state index contributed by atoms with van der Waals surface area (Å²) in [5.74, 6) is 0. The Bertz CT molecular complexity index is 3630. The normalized spacial score (nSPS) is 16.3. The molecular weight excluding hydrogens is 569 g/mol. The van der Waals surface area contributed by atoms with Gasteiger partial charge in [0, 0.05) is 10.8 Å². The molecule has 1 aromatic heterocycles. The van der Waals surface area contributed by atoms with Gasteiger partial charge in [0.05, 0.1) is 20.6 Å². The number of hydrogen-bond acceptors (Lipinski definition) is 1. The number of fused-ring (bicyclic) bond motifs is 7. The maximum Gasteiger partial charge on any atom is 0.136 e. The van der Waals surface area contributed by atoms with Gasteiger partial charge >= 0.3 is 0 Å². The van der Waals surface area contributed by atoms with Crippen LogP contribution in [0.2, 0.25) is 0 Å². The molecule has 10 rings (SSSR count). The van der Waals surface area contributed by atoms with Gasteiger partial charge in [-0.1, -0.05) is 133 Å². The molecule has 0 aliphatic rings. The highest BCUT2D eigenvalue weighted by atomic mass is 16.3. The van der Waals surface area contributed by atoms with Crippen molar-refractivity contribution in [2.45, 2.75) is 0 Å². The van der Waals surface area contributed by atoms with Gasteiger partial charge in [-0.05, 0) is 113 Å². The van der Waals surface area contributed by atoms with E-state index in [-0.39, 0.29) is 84.3 Å². The van der Waals surface area contributed by atoms with Crippen LogP contribution < -0.4 is 0 Å². The fraction of sp³-hybridized carbons (Fsp3) is 0. The van der Waals surface area contributed by atoms with Crippen molar-refractivity contribution in [3.63, 3.8) is 0 Å². The number of furan rings is 1. The second kappa shape index (κ2) is 10.2. The van der Waals surface area contributed by atoms with Crippen LogP contribution in [-0.2, 0) is 0 Å². The van der Waals surface area contributed by atoms with Crippen LogP contribution in [0.25, 0.3) is 98.4 Å². The van der Waals surface area contributed by atoms with Gasteiger partial charge in [-0.15, -0.1) is 0 Å². The molecule has 0 radical (unpaired) electrons. The van der Waals surface area contributed by atoms with Crippen LogP contribution in [0.5, 0.6) is 0 Å². The Labute approximate surface area is 293 Å². The van der Waals surface area contributed by atoms with E-state index < -0.39 is 66.5 Å². The van der Waals surface area contributed by atoms with Crippen molar-refractivity contribution in [2.75, 3.05) is 0 Å². The first-order chi connectivity index (χ1) is 29.6. The van der Waals surface area contributed by atoms with E-state index in [1.54, 1.807) is 78.9 Å². The van der Waals surface area contributed by atoms with Crippen LogP contribution >= 0.6 is 0 Å². The largest absolute Gasteiger partial charge is 0.456 e. The second-order valence-electron chi connectivity index (χ2n) is 11.2. The molecular formula is C46H28O. The minimum Gasteiger partial charge on any atom is -0.456 e. The second-order valence-corrected chi connectivity index (χ2v) is 11.2. The highest BCUT2D eigenvalue weighted by Gasteiger charge is 2.19. The van der Waals surface area contributed by atoms with Crippen molar-refractivity contribution in [3.05, 3.63) is 169 Å². The van der Waals surface area contributed by atoms with Gasteiger partial charge in [-0.25, -0.2) is 0 Å². The SMILES string of the molecule is [2H]c1c([2H])c([2H])c2c(-c3ccccc3)c([2H])c(-c3c4ccccc4c(-c4c([2H])c([2H])c5c(oc6c([2H])c7c([2H])c([2H])c([2H])c([2H])c7c([2H])c65)c4[2H])c4ccccc34)c([2H])c2c1[2H]. The Morgan fingerprint density at radius 3 is 1.64 bits per heavy atom. The molecule has 0 amide bonds. The lowest BCUT2D eigenvalue weighted by Gasteiger charge is -2.19. The number of rotatable bonds is 3. The lowest BCUT2D eigenvalue weighted by atomic mass is 9.84. The smallest absolute Gasteiger partial charge is 0.136 e. The quantitative estimate of drug-likeness (QED) is 0.181. The fourth-order valence-electron chi connectivity index (χ4n) is 6.53. The van der Waals surface area contributed by atoms with Gasteiger partial charge in [0.25, 0.3) is 0 Å². The zero-order valence-electron chi connectivity index (χ0n) is 39.4. The molecule has 0 bridgehead atoms. The summed E-state index contributed by atoms with van der Waals surface area (Å²) in [7, 11) is 0. The average Bonchev–Trinajstić information content (AvgIpc) is 3.69. The summed E-state index contributed by atoms with van der Waals surface area (Å²) in [5.41, 5.74) is 1.06. The minimum atomic E-state index is -0.597. The zero-order valence-corrected chi connectivity index (χ0v) is 24.4. The van der Waals surface area contributed by atoms with Crippen LogP contribution in [0.1, 0.15) is 20.6 Å². The predicted molar refractivity (Wildman–Crippen MR) is 200 cm³/mol. The molecule has 1 nitrogen and oxygen atoms in total. The molecule has 0 aliphatic carbocycles. The molecule has 0 aliphatic heterocycles. The molecule has 9 aromatic carbocycles. The molecule has 0 fully saturated rings. The van der Waals surface area contributed by atoms with E-state index in [9.17, 15) is 6.85 Å². The molecule has 0 N–H and O–H groups in total. The van der Waals surface area contributed by atoms with E-state index in [2.05, 4.69) is 0 Å². The first-order valence-electron chi connectivity index (χ1n) is 22.5. The third-order valence-electron chi connectivity index (χ3n) is 8.57. The van der Waals surface area contributed by atoms with Crippen LogP contribution in [0.15, 0.2) is 174 Å². The summed E-state index contributed by atoms with van der Waals surface area (Å²) >= 11 is 0. The van der Waals surface area contributed by atoms with Crippen molar-refractivity contribution in [1.82, 2.24) is 0 Å². The van der Waals surface area contributed by atoms with Gasteiger partial charge in [0.15, 0.2) is 0 Å². The minimum absolute atomic E-state index is 0.0258. The van der Waals surface area contributed by atoms with E-state index in [0.29, 0.717) is 38.2 Å². The van der Waals surface area contributed by atoms with Gasteiger partial charge in [-0.2, -0.15) is 0 Å². The van der Waals surface area contributed by atoms with Crippen molar-refractivity contribution in [1.29, 1.82) is 0 Å². The lowest BCUT2D eigenvalue weighted by molar-refractivity contribution is 0.669. The topological polar surface area (TPSA) is 13.1 Å². The lowest BCUT2D eigenvalue weighted by Crippen LogP contribution is -1.92. The standard InChI is InChI=1S/C46H28O/c1-2-12-29(13-3-1)41-26-34(24-32-16-6-7-17-35(32)41)46-39-20-10-8-18-37(39)45(38-19-9-11-21-40(38)46)33-22-23-36-42-25-30-14-4-5-15-31(30)27-44(42)47-43(36)28-33/h1-28H/i4D,5D,6D,7D,14D,15D,16D,17D,22D,23D,24D,25D,26D,27D,28D. The van der Waals surface area contributed by atoms with E-state index in [4.69, 9.17) is 18.1 Å². The molecule has 218 valence electrons. The van der Waals surface area contributed by atoms with Crippen LogP contribution in [0, 0.1) is 0 Å². The zero-order chi connectivity index (χ0) is 44.0. The van der Waals surface area contributed by atoms with Crippen molar-refractivity contribution in [3.8, 4) is 33.4 Å². The molecule has 0 saturated carbocycles. The van der Waals surface area contributed by atoms with Crippen LogP contribution in [-0.4, -0.2) is 0 Å². The molecule has 0 unspecified atom stereocenters. The first kappa shape index (κ1) is 15.4. The number of benzene rings is 9. The van der Waals surface area contributed by atoms with Crippen molar-refractivity contribution >= 4 is 65.0 Å². The van der Waals surface area contributed by atoms with E-state index in [1.165, 1.54) is 0 Å². The Morgan fingerprint density at radius 1 is 0.362 bits per heavy atom. The van der Waals surface area contributed by atoms with E-state index in [0.717, 1.165) is 0 Å². The van der Waals surface area contributed by atoms with Gasteiger partial charge in [-0.3, -0.25) is 0 Å². The van der Waals surface area contributed by atoms with Gasteiger partial charge < -0.3 is 4.42 Å². The molecule has 0 spiro atoms. The summed E-state index contributed by atoms with van der Waals surface area (Å²) in [5, 5.41) is 1.14. The third kappa shape index (κ3) is 4.03. The van der Waals surface area contributed by atoms with Gasteiger partial charge in [0.2, 0.25) is 0 Å². The third-order valence-corrected chi connectivity index (χ3v) is 8.57. The van der Waals surface area contributed by atoms with E-state index in [1.807, 2.05) is 0 Å². The highest BCUT2D eigenvalue weighted by molar-refractivity contribution is 6.23. The predicted octanol–water partition coefficient (Wildman–Crippen LogP) is 13.2. The highest BCUT2D eigenvalue weighted by Crippen LogP contribution is 2.46. The van der Waals surface area contributed by atoms with Crippen molar-refractivity contribution in [2.24, 2.45) is 0 Å². The summed E-state index contributed by atoms with van der Waals surface area (Å²) in [4.78, 5) is 0. The van der Waals surface area contributed by atoms with Crippen LogP contribution in [0.3, 0.4) is 0 Å². The fourth-order valence-corrected chi connectivity index (χ4v) is 6.53.